The topological polar surface area (TPSA) is 101 Å². The van der Waals surface area contributed by atoms with Crippen LogP contribution in [0.1, 0.15) is 44.0 Å². The molecule has 1 aromatic carbocycles. The second-order valence-corrected chi connectivity index (χ2v) is 8.94. The quantitative estimate of drug-likeness (QED) is 0.743. The van der Waals surface area contributed by atoms with Crippen molar-refractivity contribution in [2.45, 2.75) is 33.6 Å². The molecule has 2 heterocycles. The summed E-state index contributed by atoms with van der Waals surface area (Å²) in [6, 6.07) is 8.41. The molecule has 3 rings (SSSR count). The molecule has 3 amide bonds. The molecule has 1 aromatic heterocycles. The lowest BCUT2D eigenvalue weighted by molar-refractivity contribution is -0.142. The lowest BCUT2D eigenvalue weighted by atomic mass is 9.91. The molecule has 8 heteroatoms. The third-order valence-electron chi connectivity index (χ3n) is 5.36. The molecule has 0 saturated carbocycles. The van der Waals surface area contributed by atoms with Crippen LogP contribution in [0.25, 0.3) is 0 Å². The number of rotatable bonds is 5. The Bertz CT molecular complexity index is 985. The first-order valence-electron chi connectivity index (χ1n) is 10.7. The van der Waals surface area contributed by atoms with Crippen LogP contribution in [0.5, 0.6) is 5.75 Å². The molecule has 1 atom stereocenters. The van der Waals surface area contributed by atoms with Gasteiger partial charge in [0.25, 0.3) is 5.91 Å². The second-order valence-electron chi connectivity index (χ2n) is 8.94. The maximum absolute atomic E-state index is 12.9. The normalized spacial score (nSPS) is 16.2. The summed E-state index contributed by atoms with van der Waals surface area (Å²) >= 11 is 0. The Labute approximate surface area is 188 Å². The Morgan fingerprint density at radius 3 is 2.59 bits per heavy atom. The van der Waals surface area contributed by atoms with E-state index in [1.165, 1.54) is 13.3 Å². The molecule has 8 nitrogen and oxygen atoms in total. The molecule has 1 unspecified atom stereocenters. The number of piperidine rings is 1. The van der Waals surface area contributed by atoms with Crippen molar-refractivity contribution in [3.8, 4) is 5.75 Å². The van der Waals surface area contributed by atoms with Gasteiger partial charge in [-0.3, -0.25) is 19.4 Å². The van der Waals surface area contributed by atoms with Crippen molar-refractivity contribution in [2.75, 3.05) is 30.8 Å². The molecule has 2 N–H and O–H groups in total. The Balaban J connectivity index is 1.66. The van der Waals surface area contributed by atoms with Crippen molar-refractivity contribution >= 4 is 29.1 Å². The Morgan fingerprint density at radius 2 is 1.94 bits per heavy atom. The number of anilines is 2. The van der Waals surface area contributed by atoms with Gasteiger partial charge < -0.3 is 20.3 Å². The minimum Gasteiger partial charge on any atom is -0.494 e. The van der Waals surface area contributed by atoms with Crippen molar-refractivity contribution < 1.29 is 19.1 Å². The number of carbonyl (C=O) groups excluding carboxylic acids is 3. The molecule has 1 fully saturated rings. The number of pyridine rings is 1. The second kappa shape index (κ2) is 9.80. The first-order valence-corrected chi connectivity index (χ1v) is 10.7. The molecule has 1 aliphatic rings. The van der Waals surface area contributed by atoms with Gasteiger partial charge >= 0.3 is 0 Å². The standard InChI is InChI=1S/C24H30N4O4/c1-24(2,3)23(31)28-12-6-8-17(15-28)22(30)26-18-9-10-19(20(13-18)32-4)27-21(29)16-7-5-11-25-14-16/h5,7,9-11,13-14,17H,6,8,12,15H2,1-4H3,(H,26,30)(H,27,29). The van der Waals surface area contributed by atoms with E-state index in [-0.39, 0.29) is 23.6 Å². The smallest absolute Gasteiger partial charge is 0.257 e. The third kappa shape index (κ3) is 5.63. The van der Waals surface area contributed by atoms with Gasteiger partial charge in [0.05, 0.1) is 24.3 Å². The van der Waals surface area contributed by atoms with E-state index in [0.29, 0.717) is 35.8 Å². The van der Waals surface area contributed by atoms with E-state index in [2.05, 4.69) is 15.6 Å². The van der Waals surface area contributed by atoms with E-state index < -0.39 is 5.41 Å². The highest BCUT2D eigenvalue weighted by Crippen LogP contribution is 2.30. The van der Waals surface area contributed by atoms with Gasteiger partial charge in [-0.1, -0.05) is 20.8 Å². The van der Waals surface area contributed by atoms with Crippen LogP contribution in [-0.2, 0) is 9.59 Å². The molecular weight excluding hydrogens is 408 g/mol. The lowest BCUT2D eigenvalue weighted by Gasteiger charge is -2.35. The fourth-order valence-electron chi connectivity index (χ4n) is 3.66. The summed E-state index contributed by atoms with van der Waals surface area (Å²) in [4.78, 5) is 43.6. The fourth-order valence-corrected chi connectivity index (χ4v) is 3.66. The van der Waals surface area contributed by atoms with Gasteiger partial charge in [0.1, 0.15) is 5.75 Å². The van der Waals surface area contributed by atoms with Crippen LogP contribution in [0, 0.1) is 11.3 Å². The van der Waals surface area contributed by atoms with Gasteiger partial charge in [0, 0.05) is 42.7 Å². The lowest BCUT2D eigenvalue weighted by Crippen LogP contribution is -2.47. The Morgan fingerprint density at radius 1 is 1.16 bits per heavy atom. The highest BCUT2D eigenvalue weighted by Gasteiger charge is 2.33. The first-order chi connectivity index (χ1) is 15.2. The molecule has 1 saturated heterocycles. The number of methoxy groups -OCH3 is 1. The first kappa shape index (κ1) is 23.2. The predicted molar refractivity (Wildman–Crippen MR) is 123 cm³/mol. The fraction of sp³-hybridized carbons (Fsp3) is 0.417. The summed E-state index contributed by atoms with van der Waals surface area (Å²) in [5.74, 6) is -0.228. The number of nitrogens with one attached hydrogen (secondary N) is 2. The van der Waals surface area contributed by atoms with Crippen molar-refractivity contribution in [2.24, 2.45) is 11.3 Å². The van der Waals surface area contributed by atoms with Gasteiger partial charge in [-0.25, -0.2) is 0 Å². The van der Waals surface area contributed by atoms with Crippen LogP contribution in [0.4, 0.5) is 11.4 Å². The van der Waals surface area contributed by atoms with E-state index >= 15 is 0 Å². The molecule has 1 aliphatic heterocycles. The zero-order valence-corrected chi connectivity index (χ0v) is 19.0. The average Bonchev–Trinajstić information content (AvgIpc) is 2.79. The van der Waals surface area contributed by atoms with E-state index in [9.17, 15) is 14.4 Å². The number of likely N-dealkylation sites (tertiary alicyclic amines) is 1. The molecule has 170 valence electrons. The highest BCUT2D eigenvalue weighted by atomic mass is 16.5. The summed E-state index contributed by atoms with van der Waals surface area (Å²) in [7, 11) is 1.50. The highest BCUT2D eigenvalue weighted by molar-refractivity contribution is 6.05. The minimum absolute atomic E-state index is 0.0605. The molecule has 0 bridgehead atoms. The number of hydrogen-bond donors (Lipinski definition) is 2. The number of hydrogen-bond acceptors (Lipinski definition) is 5. The van der Waals surface area contributed by atoms with Crippen LogP contribution >= 0.6 is 0 Å². The summed E-state index contributed by atoms with van der Waals surface area (Å²) in [6.07, 6.45) is 4.60. The van der Waals surface area contributed by atoms with Crippen molar-refractivity contribution in [3.05, 3.63) is 48.3 Å². The van der Waals surface area contributed by atoms with E-state index in [0.717, 1.165) is 12.8 Å². The number of benzene rings is 1. The van der Waals surface area contributed by atoms with Gasteiger partial charge in [-0.2, -0.15) is 0 Å². The maximum Gasteiger partial charge on any atom is 0.257 e. The van der Waals surface area contributed by atoms with Crippen LogP contribution in [0.15, 0.2) is 42.7 Å². The van der Waals surface area contributed by atoms with Crippen molar-refractivity contribution in [3.63, 3.8) is 0 Å². The van der Waals surface area contributed by atoms with Crippen molar-refractivity contribution in [1.29, 1.82) is 0 Å². The summed E-state index contributed by atoms with van der Waals surface area (Å²) in [5, 5.41) is 5.71. The average molecular weight is 439 g/mol. The number of nitrogens with zero attached hydrogens (tertiary/aromatic N) is 2. The van der Waals surface area contributed by atoms with Crippen LogP contribution in [0.2, 0.25) is 0 Å². The van der Waals surface area contributed by atoms with Gasteiger partial charge in [-0.05, 0) is 37.1 Å². The van der Waals surface area contributed by atoms with Crippen LogP contribution in [0.3, 0.4) is 0 Å². The number of amides is 3. The molecule has 0 aliphatic carbocycles. The molecule has 0 spiro atoms. The monoisotopic (exact) mass is 438 g/mol. The van der Waals surface area contributed by atoms with Gasteiger partial charge in [0.15, 0.2) is 0 Å². The maximum atomic E-state index is 12.9. The predicted octanol–water partition coefficient (Wildman–Crippen LogP) is 3.57. The summed E-state index contributed by atoms with van der Waals surface area (Å²) < 4.78 is 5.40. The Kier molecular flexibility index (Phi) is 7.12. The van der Waals surface area contributed by atoms with Crippen LogP contribution in [-0.4, -0.2) is 47.8 Å². The molecule has 0 radical (unpaired) electrons. The number of ether oxygens (including phenoxy) is 1. The van der Waals surface area contributed by atoms with Gasteiger partial charge in [0.2, 0.25) is 11.8 Å². The SMILES string of the molecule is COc1cc(NC(=O)C2CCCN(C(=O)C(C)(C)C)C2)ccc1NC(=O)c1cccnc1. The van der Waals surface area contributed by atoms with Crippen LogP contribution < -0.4 is 15.4 Å². The zero-order chi connectivity index (χ0) is 23.3. The van der Waals surface area contributed by atoms with E-state index in [1.54, 1.807) is 41.4 Å². The number of carbonyl (C=O) groups is 3. The molecule has 2 aromatic rings. The molecule has 32 heavy (non-hydrogen) atoms. The molecular formula is C24H30N4O4. The van der Waals surface area contributed by atoms with Crippen molar-refractivity contribution in [1.82, 2.24) is 9.88 Å². The minimum atomic E-state index is -0.470. The number of aromatic nitrogens is 1. The van der Waals surface area contributed by atoms with E-state index in [1.807, 2.05) is 20.8 Å². The van der Waals surface area contributed by atoms with E-state index in [4.69, 9.17) is 4.74 Å². The van der Waals surface area contributed by atoms with Gasteiger partial charge in [-0.15, -0.1) is 0 Å². The Hall–Kier alpha value is -3.42. The summed E-state index contributed by atoms with van der Waals surface area (Å²) in [6.45, 7) is 6.76. The third-order valence-corrected chi connectivity index (χ3v) is 5.36. The zero-order valence-electron chi connectivity index (χ0n) is 19.0. The largest absolute Gasteiger partial charge is 0.494 e. The summed E-state index contributed by atoms with van der Waals surface area (Å²) in [5.41, 5.74) is 1.00.